The molecule has 0 unspecified atom stereocenters. The molecule has 3 rings (SSSR count). The van der Waals surface area contributed by atoms with Crippen molar-refractivity contribution in [3.8, 4) is 0 Å². The number of carbonyl (C=O) groups is 2. The maximum absolute atomic E-state index is 12.9. The van der Waals surface area contributed by atoms with Gasteiger partial charge in [-0.3, -0.25) is 9.69 Å². The molecule has 3 atom stereocenters. The monoisotopic (exact) mass is 473 g/mol. The molecule has 1 aromatic heterocycles. The number of aliphatic hydroxyl groups is 1. The average Bonchev–Trinajstić information content (AvgIpc) is 3.26. The Balaban J connectivity index is 1.75. The van der Waals surface area contributed by atoms with Crippen LogP contribution in [-0.4, -0.2) is 85.8 Å². The van der Waals surface area contributed by atoms with E-state index in [4.69, 9.17) is 9.84 Å². The number of hydrogen-bond acceptors (Lipinski definition) is 7. The number of fused-ring (bicyclic) bond motifs is 1. The van der Waals surface area contributed by atoms with Gasteiger partial charge in [-0.1, -0.05) is 24.3 Å². The summed E-state index contributed by atoms with van der Waals surface area (Å²) in [6.45, 7) is 6.50. The number of carboxylic acid groups (broad SMARTS) is 1. The molecule has 2 N–H and O–H groups in total. The predicted molar refractivity (Wildman–Crippen MR) is 125 cm³/mol. The molecular weight excluding hydrogens is 438 g/mol. The Morgan fingerprint density at radius 2 is 2.06 bits per heavy atom. The molecule has 0 fully saturated rings. The standard InChI is InChI=1S/C24H35N5O5/c1-17-12-28(18(2)15-30)23(31)5-4-10-29-21(11-25-26-29)16-34-22(17)14-27(3)13-19-6-8-20(9-7-19)24(32)33/h6-9,11,17-18,22,30H,4-5,10,12-16H2,1-3H3,(H,32,33)/t17-,18-,22+/m1/s1. The van der Waals surface area contributed by atoms with Gasteiger partial charge >= 0.3 is 5.97 Å². The van der Waals surface area contributed by atoms with Crippen molar-refractivity contribution < 1.29 is 24.5 Å². The minimum Gasteiger partial charge on any atom is -0.478 e. The fraction of sp³-hybridized carbons (Fsp3) is 0.583. The van der Waals surface area contributed by atoms with Crippen LogP contribution in [0.1, 0.15) is 48.3 Å². The molecule has 0 spiro atoms. The van der Waals surface area contributed by atoms with Gasteiger partial charge in [0.1, 0.15) is 0 Å². The summed E-state index contributed by atoms with van der Waals surface area (Å²) in [5, 5.41) is 27.0. The summed E-state index contributed by atoms with van der Waals surface area (Å²) in [5.41, 5.74) is 2.13. The van der Waals surface area contributed by atoms with Crippen molar-refractivity contribution in [1.29, 1.82) is 0 Å². The van der Waals surface area contributed by atoms with Gasteiger partial charge < -0.3 is 19.8 Å². The molecular formula is C24H35N5O5. The van der Waals surface area contributed by atoms with Gasteiger partial charge in [-0.25, -0.2) is 9.48 Å². The molecule has 0 bridgehead atoms. The van der Waals surface area contributed by atoms with Gasteiger partial charge in [-0.15, -0.1) is 5.10 Å². The molecule has 0 saturated carbocycles. The van der Waals surface area contributed by atoms with Crippen molar-refractivity contribution in [2.24, 2.45) is 5.92 Å². The molecule has 2 heterocycles. The zero-order valence-electron chi connectivity index (χ0n) is 20.1. The summed E-state index contributed by atoms with van der Waals surface area (Å²) >= 11 is 0. The fourth-order valence-corrected chi connectivity index (χ4v) is 4.18. The topological polar surface area (TPSA) is 121 Å². The van der Waals surface area contributed by atoms with Gasteiger partial charge in [0, 0.05) is 38.5 Å². The maximum Gasteiger partial charge on any atom is 0.335 e. The lowest BCUT2D eigenvalue weighted by Gasteiger charge is -2.35. The summed E-state index contributed by atoms with van der Waals surface area (Å²) in [6.07, 6.45) is 2.54. The molecule has 0 saturated heterocycles. The van der Waals surface area contributed by atoms with E-state index >= 15 is 0 Å². The highest BCUT2D eigenvalue weighted by molar-refractivity contribution is 5.87. The number of hydrogen-bond donors (Lipinski definition) is 2. The highest BCUT2D eigenvalue weighted by Gasteiger charge is 2.28. The molecule has 1 aliphatic heterocycles. The van der Waals surface area contributed by atoms with Gasteiger partial charge in [0.15, 0.2) is 0 Å². The summed E-state index contributed by atoms with van der Waals surface area (Å²) in [4.78, 5) is 27.9. The first kappa shape index (κ1) is 25.8. The van der Waals surface area contributed by atoms with E-state index in [9.17, 15) is 14.7 Å². The number of ether oxygens (including phenoxy) is 1. The lowest BCUT2D eigenvalue weighted by molar-refractivity contribution is -0.136. The average molecular weight is 474 g/mol. The van der Waals surface area contributed by atoms with Gasteiger partial charge in [0.05, 0.1) is 42.8 Å². The van der Waals surface area contributed by atoms with E-state index < -0.39 is 5.97 Å². The predicted octanol–water partition coefficient (Wildman–Crippen LogP) is 1.63. The third-order valence-corrected chi connectivity index (χ3v) is 6.28. The SMILES string of the molecule is C[C@@H]1CN([C@H](C)CO)C(=O)CCCn2nncc2CO[C@H]1CN(C)Cc1ccc(C(=O)O)cc1. The maximum atomic E-state index is 12.9. The Bertz CT molecular complexity index is 947. The van der Waals surface area contributed by atoms with Crippen LogP contribution in [-0.2, 0) is 29.2 Å². The number of rotatable bonds is 7. The van der Waals surface area contributed by atoms with Crippen molar-refractivity contribution in [2.45, 2.75) is 58.5 Å². The molecule has 186 valence electrons. The minimum atomic E-state index is -0.944. The molecule has 1 amide bonds. The Labute approximate surface area is 200 Å². The third kappa shape index (κ3) is 6.85. The smallest absolute Gasteiger partial charge is 0.335 e. The number of aryl methyl sites for hydroxylation is 1. The van der Waals surface area contributed by atoms with Crippen molar-refractivity contribution >= 4 is 11.9 Å². The fourth-order valence-electron chi connectivity index (χ4n) is 4.18. The highest BCUT2D eigenvalue weighted by Crippen LogP contribution is 2.19. The van der Waals surface area contributed by atoms with Crippen LogP contribution in [0.5, 0.6) is 0 Å². The molecule has 1 aromatic carbocycles. The van der Waals surface area contributed by atoms with Gasteiger partial charge in [0.25, 0.3) is 0 Å². The van der Waals surface area contributed by atoms with E-state index in [1.54, 1.807) is 27.9 Å². The van der Waals surface area contributed by atoms with Crippen LogP contribution in [0.4, 0.5) is 0 Å². The van der Waals surface area contributed by atoms with E-state index in [0.29, 0.717) is 45.6 Å². The van der Waals surface area contributed by atoms with Crippen molar-refractivity contribution in [1.82, 2.24) is 24.8 Å². The number of nitrogens with zero attached hydrogens (tertiary/aromatic N) is 5. The largest absolute Gasteiger partial charge is 0.478 e. The number of aliphatic hydroxyl groups excluding tert-OH is 1. The number of aromatic carboxylic acids is 1. The first-order chi connectivity index (χ1) is 16.3. The van der Waals surface area contributed by atoms with Crippen molar-refractivity contribution in [3.05, 3.63) is 47.3 Å². The Morgan fingerprint density at radius 3 is 2.74 bits per heavy atom. The van der Waals surface area contributed by atoms with Crippen LogP contribution in [0.25, 0.3) is 0 Å². The molecule has 10 nitrogen and oxygen atoms in total. The molecule has 2 aromatic rings. The van der Waals surface area contributed by atoms with Crippen LogP contribution in [0.2, 0.25) is 0 Å². The second kappa shape index (κ2) is 12.0. The molecule has 10 heteroatoms. The van der Waals surface area contributed by atoms with Crippen LogP contribution < -0.4 is 0 Å². The lowest BCUT2D eigenvalue weighted by atomic mass is 10.0. The Morgan fingerprint density at radius 1 is 1.32 bits per heavy atom. The van der Waals surface area contributed by atoms with E-state index in [1.165, 1.54) is 0 Å². The second-order valence-corrected chi connectivity index (χ2v) is 9.16. The summed E-state index contributed by atoms with van der Waals surface area (Å²) in [5.74, 6) is -0.917. The van der Waals surface area contributed by atoms with E-state index in [2.05, 4.69) is 22.1 Å². The molecule has 0 radical (unpaired) electrons. The highest BCUT2D eigenvalue weighted by atomic mass is 16.5. The van der Waals surface area contributed by atoms with E-state index in [1.807, 2.05) is 26.1 Å². The number of amides is 1. The van der Waals surface area contributed by atoms with Gasteiger partial charge in [0.2, 0.25) is 5.91 Å². The zero-order valence-corrected chi connectivity index (χ0v) is 20.1. The van der Waals surface area contributed by atoms with E-state index in [-0.39, 0.29) is 36.1 Å². The van der Waals surface area contributed by atoms with Gasteiger partial charge in [-0.05, 0) is 38.1 Å². The van der Waals surface area contributed by atoms with E-state index in [0.717, 1.165) is 11.3 Å². The lowest BCUT2D eigenvalue weighted by Crippen LogP contribution is -2.47. The number of likely N-dealkylation sites (N-methyl/N-ethyl adjacent to an activating group) is 1. The van der Waals surface area contributed by atoms with Crippen LogP contribution in [0.15, 0.2) is 30.5 Å². The van der Waals surface area contributed by atoms with Crippen molar-refractivity contribution in [3.63, 3.8) is 0 Å². The second-order valence-electron chi connectivity index (χ2n) is 9.16. The summed E-state index contributed by atoms with van der Waals surface area (Å²) in [7, 11) is 1.99. The Kier molecular flexibility index (Phi) is 9.14. The van der Waals surface area contributed by atoms with Crippen LogP contribution in [0, 0.1) is 5.92 Å². The summed E-state index contributed by atoms with van der Waals surface area (Å²) < 4.78 is 8.13. The quantitative estimate of drug-likeness (QED) is 0.623. The number of benzene rings is 1. The van der Waals surface area contributed by atoms with Crippen molar-refractivity contribution in [2.75, 3.05) is 26.7 Å². The Hall–Kier alpha value is -2.82. The molecule has 1 aliphatic rings. The third-order valence-electron chi connectivity index (χ3n) is 6.28. The number of carbonyl (C=O) groups excluding carboxylic acids is 1. The molecule has 34 heavy (non-hydrogen) atoms. The first-order valence-corrected chi connectivity index (χ1v) is 11.7. The zero-order chi connectivity index (χ0) is 24.7. The first-order valence-electron chi connectivity index (χ1n) is 11.7. The normalized spacial score (nSPS) is 21.0. The summed E-state index contributed by atoms with van der Waals surface area (Å²) in [6, 6.07) is 6.58. The number of aromatic nitrogens is 3. The minimum absolute atomic E-state index is 0.0125. The molecule has 0 aliphatic carbocycles. The van der Waals surface area contributed by atoms with Crippen LogP contribution in [0.3, 0.4) is 0 Å². The van der Waals surface area contributed by atoms with Crippen LogP contribution >= 0.6 is 0 Å². The number of carboxylic acids is 1. The van der Waals surface area contributed by atoms with Gasteiger partial charge in [-0.2, -0.15) is 0 Å².